The number of nitrogens with zero attached hydrogens (tertiary/aromatic N) is 1. The van der Waals surface area contributed by atoms with Crippen molar-refractivity contribution in [2.75, 3.05) is 33.4 Å². The third kappa shape index (κ3) is 23.1. The lowest BCUT2D eigenvalue weighted by Gasteiger charge is -2.31. The Morgan fingerprint density at radius 2 is 1.15 bits per heavy atom. The normalized spacial score (nSPS) is 22.6. The zero-order chi connectivity index (χ0) is 66.8. The summed E-state index contributed by atoms with van der Waals surface area (Å²) in [4.78, 5) is 170. The summed E-state index contributed by atoms with van der Waals surface area (Å²) in [6, 6.07) is -7.34. The highest BCUT2D eigenvalue weighted by atomic mass is 16.5. The molecule has 0 saturated carbocycles. The van der Waals surface area contributed by atoms with E-state index in [2.05, 4.69) is 68.8 Å². The van der Waals surface area contributed by atoms with Gasteiger partial charge in [0.15, 0.2) is 5.96 Å². The van der Waals surface area contributed by atoms with Crippen molar-refractivity contribution >= 4 is 76.9 Å². The summed E-state index contributed by atoms with van der Waals surface area (Å²) in [6.45, 7) is 11.8. The van der Waals surface area contributed by atoms with Crippen LogP contribution in [0.1, 0.15) is 113 Å². The van der Waals surface area contributed by atoms with E-state index < -0.39 is 206 Å². The minimum absolute atomic E-state index is 0.0193. The first kappa shape index (κ1) is 75.2. The van der Waals surface area contributed by atoms with Crippen LogP contribution in [0.15, 0.2) is 35.3 Å². The smallest absolute Gasteiger partial charge is 0.329 e. The predicted molar refractivity (Wildman–Crippen MR) is 323 cm³/mol. The SMILES string of the molecule is CC[C@H](C)[C@H](NC(=O)[C@@H](Cc1ccccc1)NC)C(=O)N[C@@H](CO)C(=O)N[C@H](CCC(N)=O)C(=O)N[C@@H](C(=O)N[C@H](C(=O)N[C@@H](CO)C(=O)N[C@H]1C(=O)N[C@@H](C)C(=O)N[C@@H](C[C@H]2CN=C(N)N2)C(=O)N[C@@H]([C@@H](C)CC)C(=O)O[C@H]1C)[C@@H](C)CC)[C@@H](C)CCO. The number of aliphatic hydroxyl groups excluding tert-OH is 3. The molecule has 3 rings (SSSR count). The first-order chi connectivity index (χ1) is 42.1. The topological polar surface area (TPSA) is 484 Å². The molecule has 11 amide bonds. The number of carbonyl (C=O) groups excluding carboxylic acids is 12. The fourth-order valence-corrected chi connectivity index (χ4v) is 9.63. The number of carbonyl (C=O) groups is 12. The molecule has 0 aliphatic carbocycles. The number of ether oxygens (including phenoxy) is 1. The molecule has 0 bridgehead atoms. The number of primary amides is 1. The van der Waals surface area contributed by atoms with E-state index in [1.54, 1.807) is 48.6 Å². The average Bonchev–Trinajstić information content (AvgIpc) is 3.85. The van der Waals surface area contributed by atoms with E-state index in [-0.39, 0.29) is 38.2 Å². The highest BCUT2D eigenvalue weighted by Crippen LogP contribution is 2.18. The van der Waals surface area contributed by atoms with Gasteiger partial charge in [0, 0.05) is 13.0 Å². The monoisotopic (exact) mass is 1260 g/mol. The summed E-state index contributed by atoms with van der Waals surface area (Å²) < 4.78 is 5.72. The van der Waals surface area contributed by atoms with E-state index in [4.69, 9.17) is 16.2 Å². The third-order valence-electron chi connectivity index (χ3n) is 16.1. The number of hydrogen-bond acceptors (Lipinski definition) is 20. The van der Waals surface area contributed by atoms with Crippen LogP contribution in [0.25, 0.3) is 0 Å². The van der Waals surface area contributed by atoms with E-state index in [1.807, 2.05) is 30.3 Å². The Kier molecular flexibility index (Phi) is 31.3. The Bertz CT molecular complexity index is 2630. The molecule has 2 aliphatic heterocycles. The molecule has 498 valence electrons. The molecular formula is C58H95N15O16. The van der Waals surface area contributed by atoms with Crippen molar-refractivity contribution in [2.45, 2.75) is 192 Å². The molecule has 0 radical (unpaired) electrons. The van der Waals surface area contributed by atoms with Gasteiger partial charge in [0.05, 0.1) is 31.8 Å². The summed E-state index contributed by atoms with van der Waals surface area (Å²) in [5, 5.41) is 62.0. The van der Waals surface area contributed by atoms with Crippen LogP contribution in [0.4, 0.5) is 0 Å². The molecular weight excluding hydrogens is 1160 g/mol. The Morgan fingerprint density at radius 1 is 0.629 bits per heavy atom. The van der Waals surface area contributed by atoms with Gasteiger partial charge in [0.1, 0.15) is 66.5 Å². The molecule has 1 fully saturated rings. The van der Waals surface area contributed by atoms with Gasteiger partial charge in [0.25, 0.3) is 0 Å². The second-order valence-electron chi connectivity index (χ2n) is 22.9. The molecule has 0 spiro atoms. The van der Waals surface area contributed by atoms with Crippen molar-refractivity contribution in [3.05, 3.63) is 35.9 Å². The maximum atomic E-state index is 14.4. The standard InChI is InChI=1S/C58H95N15O16/c1-11-28(4)42(69-49(80)37(61-10)23-34-17-15-14-16-18-34)53(84)67-39(26-75)51(82)65-36(19-20-41(59)77)48(79)70-44(31(7)21-22-74)55(86)71-43(29(5)12-2)54(85)68-40(27-76)52(83)73-46-33(9)89-57(88)45(30(6)13-3)72-50(81)38(24-35-25-62-58(60)64-35)66-47(78)32(8)63-56(46)87/h14-18,28-33,35-40,42-46,61,74-76H,11-13,19-27H2,1-10H3,(H2,59,77)(H,63,87)(H,65,82)(H,66,78)(H,67,84)(H,68,85)(H,69,80)(H,70,79)(H,71,86)(H,72,81)(H,73,83)(H3,60,62,64)/t28-,29-,30-,31-,32-,33-,35-,36+,37+,38-,39-,40-,42-,43-,44+,45-,46+/m0/s1. The molecule has 0 unspecified atom stereocenters. The number of guanidine groups is 1. The van der Waals surface area contributed by atoms with Gasteiger partial charge < -0.3 is 95.3 Å². The van der Waals surface area contributed by atoms with Crippen molar-refractivity contribution in [3.8, 4) is 0 Å². The summed E-state index contributed by atoms with van der Waals surface area (Å²) >= 11 is 0. The molecule has 1 saturated heterocycles. The summed E-state index contributed by atoms with van der Waals surface area (Å²) in [5.41, 5.74) is 12.1. The molecule has 17 atom stereocenters. The Hall–Kier alpha value is -8.03. The zero-order valence-corrected chi connectivity index (χ0v) is 52.4. The quantitative estimate of drug-likeness (QED) is 0.0292. The van der Waals surface area contributed by atoms with Crippen LogP contribution in [0.3, 0.4) is 0 Å². The van der Waals surface area contributed by atoms with Gasteiger partial charge in [-0.3, -0.25) is 57.7 Å². The lowest BCUT2D eigenvalue weighted by molar-refractivity contribution is -0.157. The minimum Gasteiger partial charge on any atom is -0.458 e. The van der Waals surface area contributed by atoms with E-state index >= 15 is 0 Å². The number of aliphatic imine (C=N–C) groups is 1. The minimum atomic E-state index is -1.86. The fraction of sp³-hybridized carbons (Fsp3) is 0.672. The maximum Gasteiger partial charge on any atom is 0.329 e. The highest BCUT2D eigenvalue weighted by Gasteiger charge is 2.41. The van der Waals surface area contributed by atoms with Crippen molar-refractivity contribution < 1.29 is 77.6 Å². The van der Waals surface area contributed by atoms with Crippen molar-refractivity contribution in [3.63, 3.8) is 0 Å². The summed E-state index contributed by atoms with van der Waals surface area (Å²) in [7, 11) is 1.59. The molecule has 89 heavy (non-hydrogen) atoms. The number of nitrogens with one attached hydrogen (secondary N) is 12. The van der Waals surface area contributed by atoms with Gasteiger partial charge >= 0.3 is 5.97 Å². The Morgan fingerprint density at radius 3 is 1.65 bits per heavy atom. The molecule has 1 aromatic rings. The largest absolute Gasteiger partial charge is 0.458 e. The number of amides is 11. The lowest BCUT2D eigenvalue weighted by Crippen LogP contribution is -2.63. The molecule has 0 aromatic heterocycles. The zero-order valence-electron chi connectivity index (χ0n) is 52.4. The van der Waals surface area contributed by atoms with Crippen molar-refractivity contribution in [1.29, 1.82) is 0 Å². The number of esters is 1. The van der Waals surface area contributed by atoms with Crippen LogP contribution >= 0.6 is 0 Å². The fourth-order valence-electron chi connectivity index (χ4n) is 9.63. The van der Waals surface area contributed by atoms with Crippen LogP contribution < -0.4 is 75.3 Å². The number of hydrogen-bond donors (Lipinski definition) is 17. The Labute approximate surface area is 518 Å². The first-order valence-electron chi connectivity index (χ1n) is 30.2. The van der Waals surface area contributed by atoms with Gasteiger partial charge in [0.2, 0.25) is 65.0 Å². The summed E-state index contributed by atoms with van der Waals surface area (Å²) in [6.07, 6.45) is -1.32. The average molecular weight is 1260 g/mol. The van der Waals surface area contributed by atoms with Crippen LogP contribution in [-0.4, -0.2) is 204 Å². The van der Waals surface area contributed by atoms with Crippen molar-refractivity contribution in [2.24, 2.45) is 40.1 Å². The Balaban J connectivity index is 1.87. The number of likely N-dealkylation sites (N-methyl/N-ethyl adjacent to an activating group) is 1. The van der Waals surface area contributed by atoms with Gasteiger partial charge in [-0.2, -0.15) is 0 Å². The molecule has 2 heterocycles. The number of aliphatic hydroxyl groups is 3. The molecule has 19 N–H and O–H groups in total. The number of nitrogens with two attached hydrogens (primary N) is 2. The third-order valence-corrected chi connectivity index (χ3v) is 16.1. The van der Waals surface area contributed by atoms with Crippen molar-refractivity contribution in [1.82, 2.24) is 63.8 Å². The summed E-state index contributed by atoms with van der Waals surface area (Å²) in [5.74, 6) is -13.8. The molecule has 31 nitrogen and oxygen atoms in total. The van der Waals surface area contributed by atoms with Crippen LogP contribution in [-0.2, 0) is 68.7 Å². The highest BCUT2D eigenvalue weighted by molar-refractivity contribution is 5.99. The van der Waals surface area contributed by atoms with E-state index in [0.717, 1.165) is 5.56 Å². The number of benzene rings is 1. The molecule has 1 aromatic carbocycles. The van der Waals surface area contributed by atoms with E-state index in [0.29, 0.717) is 12.8 Å². The van der Waals surface area contributed by atoms with Gasteiger partial charge in [-0.15, -0.1) is 0 Å². The first-order valence-corrected chi connectivity index (χ1v) is 30.2. The lowest BCUT2D eigenvalue weighted by atomic mass is 9.94. The second kappa shape index (κ2) is 37.1. The van der Waals surface area contributed by atoms with Gasteiger partial charge in [-0.05, 0) is 75.8 Å². The number of cyclic esters (lactones) is 1. The number of rotatable bonds is 33. The van der Waals surface area contributed by atoms with Crippen LogP contribution in [0, 0.1) is 23.7 Å². The van der Waals surface area contributed by atoms with Gasteiger partial charge in [-0.1, -0.05) is 98.1 Å². The second-order valence-corrected chi connectivity index (χ2v) is 22.9. The molecule has 31 heteroatoms. The predicted octanol–water partition coefficient (Wildman–Crippen LogP) is -5.29. The van der Waals surface area contributed by atoms with E-state index in [1.165, 1.54) is 20.8 Å². The maximum absolute atomic E-state index is 14.4. The van der Waals surface area contributed by atoms with Crippen LogP contribution in [0.5, 0.6) is 0 Å². The van der Waals surface area contributed by atoms with Gasteiger partial charge in [-0.25, -0.2) is 4.79 Å². The van der Waals surface area contributed by atoms with Crippen LogP contribution in [0.2, 0.25) is 0 Å². The molecule has 2 aliphatic rings. The van der Waals surface area contributed by atoms with E-state index in [9.17, 15) is 72.9 Å².